The highest BCUT2D eigenvalue weighted by molar-refractivity contribution is 5.79. The zero-order valence-electron chi connectivity index (χ0n) is 17.8. The summed E-state index contributed by atoms with van der Waals surface area (Å²) in [4.78, 5) is 24.3. The number of para-hydroxylation sites is 2. The van der Waals surface area contributed by atoms with Crippen molar-refractivity contribution in [1.82, 2.24) is 14.8 Å². The molecule has 1 atom stereocenters. The molecule has 5 rings (SSSR count). The molecule has 1 aromatic heterocycles. The Morgan fingerprint density at radius 3 is 2.53 bits per heavy atom. The fraction of sp³-hybridized carbons (Fsp3) is 0.652. The zero-order valence-corrected chi connectivity index (χ0v) is 17.8. The molecule has 3 aliphatic heterocycles. The van der Waals surface area contributed by atoms with Crippen molar-refractivity contribution >= 4 is 23.0 Å². The number of nitrogens with zero attached hydrogens (tertiary/aromatic N) is 4. The average molecular weight is 413 g/mol. The minimum absolute atomic E-state index is 0.173. The predicted octanol–water partition coefficient (Wildman–Crippen LogP) is 2.76. The monoisotopic (exact) mass is 412 g/mol. The summed E-state index contributed by atoms with van der Waals surface area (Å²) in [6.07, 6.45) is 5.16. The Hall–Kier alpha value is -2.12. The lowest BCUT2D eigenvalue weighted by Crippen LogP contribution is -2.50. The number of hydrogen-bond acceptors (Lipinski definition) is 6. The van der Waals surface area contributed by atoms with E-state index in [1.165, 1.54) is 0 Å². The smallest absolute Gasteiger partial charge is 0.298 e. The molecule has 0 saturated carbocycles. The minimum atomic E-state index is 0.173. The molecule has 7 heteroatoms. The number of likely N-dealkylation sites (tertiary alicyclic amines) is 1. The fourth-order valence-electron chi connectivity index (χ4n) is 5.22. The Labute approximate surface area is 178 Å². The van der Waals surface area contributed by atoms with Gasteiger partial charge in [-0.15, -0.1) is 0 Å². The van der Waals surface area contributed by atoms with Gasteiger partial charge < -0.3 is 23.9 Å². The first-order valence-corrected chi connectivity index (χ1v) is 11.4. The van der Waals surface area contributed by atoms with E-state index in [-0.39, 0.29) is 12.0 Å². The van der Waals surface area contributed by atoms with E-state index in [1.807, 2.05) is 36.2 Å². The fourth-order valence-corrected chi connectivity index (χ4v) is 5.22. The second kappa shape index (κ2) is 8.55. The molecule has 4 heterocycles. The van der Waals surface area contributed by atoms with E-state index in [1.54, 1.807) is 0 Å². The number of piperidine rings is 2. The Balaban J connectivity index is 1.11. The third kappa shape index (κ3) is 3.93. The van der Waals surface area contributed by atoms with E-state index in [0.717, 1.165) is 82.0 Å². The number of ether oxygens (including phenoxy) is 1. The van der Waals surface area contributed by atoms with Gasteiger partial charge in [0.15, 0.2) is 5.58 Å². The molecule has 0 radical (unpaired) electrons. The molecule has 3 saturated heterocycles. The van der Waals surface area contributed by atoms with Crippen LogP contribution in [0.2, 0.25) is 0 Å². The summed E-state index contributed by atoms with van der Waals surface area (Å²) in [6.45, 7) is 5.47. The standard InChI is InChI=1S/C23H32N4O3/c1-25(19-10-15-29-16-19)22(28)17-6-11-26(12-7-17)18-8-13-27(14-9-18)23-24-20-4-2-3-5-21(20)30-23/h2-5,17-19H,6-16H2,1H3/t19-/m0/s1. The SMILES string of the molecule is CN(C(=O)C1CCN(C2CCN(c3nc4ccccc4o3)CC2)CC1)[C@H]1CCOC1. The van der Waals surface area contributed by atoms with Crippen molar-refractivity contribution in [2.75, 3.05) is 51.3 Å². The van der Waals surface area contributed by atoms with Crippen LogP contribution in [0.25, 0.3) is 11.1 Å². The first-order valence-electron chi connectivity index (χ1n) is 11.4. The number of oxazole rings is 1. The van der Waals surface area contributed by atoms with Gasteiger partial charge in [0.05, 0.1) is 12.6 Å². The number of carbonyl (C=O) groups is 1. The van der Waals surface area contributed by atoms with Crippen LogP contribution in [0, 0.1) is 5.92 Å². The summed E-state index contributed by atoms with van der Waals surface area (Å²) in [5.41, 5.74) is 1.78. The average Bonchev–Trinajstić information content (AvgIpc) is 3.48. The molecule has 3 aliphatic rings. The van der Waals surface area contributed by atoms with Crippen molar-refractivity contribution in [2.45, 2.75) is 44.2 Å². The van der Waals surface area contributed by atoms with Gasteiger partial charge in [-0.2, -0.15) is 4.98 Å². The zero-order chi connectivity index (χ0) is 20.5. The van der Waals surface area contributed by atoms with Crippen LogP contribution in [0.1, 0.15) is 32.1 Å². The summed E-state index contributed by atoms with van der Waals surface area (Å²) in [6, 6.07) is 9.57. The molecule has 0 N–H and O–H groups in total. The second-order valence-electron chi connectivity index (χ2n) is 8.96. The molecule has 30 heavy (non-hydrogen) atoms. The minimum Gasteiger partial charge on any atom is -0.423 e. The number of aromatic nitrogens is 1. The Morgan fingerprint density at radius 1 is 1.07 bits per heavy atom. The Bertz CT molecular complexity index is 829. The molecule has 0 unspecified atom stereocenters. The van der Waals surface area contributed by atoms with Crippen molar-refractivity contribution in [3.63, 3.8) is 0 Å². The maximum atomic E-state index is 12.9. The van der Waals surface area contributed by atoms with Crippen LogP contribution in [0.4, 0.5) is 6.01 Å². The number of fused-ring (bicyclic) bond motifs is 1. The van der Waals surface area contributed by atoms with Crippen molar-refractivity contribution in [3.8, 4) is 0 Å². The molecule has 7 nitrogen and oxygen atoms in total. The van der Waals surface area contributed by atoms with Crippen LogP contribution in [0.5, 0.6) is 0 Å². The van der Waals surface area contributed by atoms with Gasteiger partial charge in [-0.05, 0) is 57.3 Å². The lowest BCUT2D eigenvalue weighted by molar-refractivity contribution is -0.138. The number of benzene rings is 1. The summed E-state index contributed by atoms with van der Waals surface area (Å²) in [7, 11) is 1.95. The number of hydrogen-bond donors (Lipinski definition) is 0. The topological polar surface area (TPSA) is 62.1 Å². The number of carbonyl (C=O) groups excluding carboxylic acids is 1. The maximum Gasteiger partial charge on any atom is 0.298 e. The molecule has 0 aliphatic carbocycles. The Morgan fingerprint density at radius 2 is 1.83 bits per heavy atom. The van der Waals surface area contributed by atoms with Gasteiger partial charge in [0.1, 0.15) is 5.52 Å². The molecule has 3 fully saturated rings. The normalized spacial score (nSPS) is 24.6. The lowest BCUT2D eigenvalue weighted by atomic mass is 9.92. The molecular weight excluding hydrogens is 380 g/mol. The first kappa shape index (κ1) is 19.8. The second-order valence-corrected chi connectivity index (χ2v) is 8.96. The van der Waals surface area contributed by atoms with E-state index < -0.39 is 0 Å². The van der Waals surface area contributed by atoms with Gasteiger partial charge in [0, 0.05) is 38.7 Å². The summed E-state index contributed by atoms with van der Waals surface area (Å²) in [5.74, 6) is 0.489. The van der Waals surface area contributed by atoms with E-state index in [2.05, 4.69) is 14.8 Å². The van der Waals surface area contributed by atoms with Gasteiger partial charge in [-0.3, -0.25) is 4.79 Å². The van der Waals surface area contributed by atoms with E-state index in [0.29, 0.717) is 18.6 Å². The van der Waals surface area contributed by atoms with Crippen molar-refractivity contribution in [2.24, 2.45) is 5.92 Å². The van der Waals surface area contributed by atoms with E-state index in [9.17, 15) is 4.79 Å². The molecule has 0 bridgehead atoms. The summed E-state index contributed by atoms with van der Waals surface area (Å²) in [5, 5.41) is 0. The third-order valence-electron chi connectivity index (χ3n) is 7.21. The van der Waals surface area contributed by atoms with Crippen LogP contribution in [-0.4, -0.2) is 79.2 Å². The molecule has 1 aromatic carbocycles. The number of likely N-dealkylation sites (N-methyl/N-ethyl adjacent to an activating group) is 1. The van der Waals surface area contributed by atoms with Gasteiger partial charge in [-0.1, -0.05) is 12.1 Å². The van der Waals surface area contributed by atoms with Crippen LogP contribution in [0.15, 0.2) is 28.7 Å². The molecule has 0 spiro atoms. The lowest BCUT2D eigenvalue weighted by Gasteiger charge is -2.42. The summed E-state index contributed by atoms with van der Waals surface area (Å²) >= 11 is 0. The highest BCUT2D eigenvalue weighted by Gasteiger charge is 2.34. The van der Waals surface area contributed by atoms with Gasteiger partial charge in [0.2, 0.25) is 5.91 Å². The largest absolute Gasteiger partial charge is 0.423 e. The molecule has 1 amide bonds. The summed E-state index contributed by atoms with van der Waals surface area (Å²) < 4.78 is 11.4. The number of anilines is 1. The van der Waals surface area contributed by atoms with E-state index in [4.69, 9.17) is 9.15 Å². The highest BCUT2D eigenvalue weighted by atomic mass is 16.5. The van der Waals surface area contributed by atoms with Crippen LogP contribution >= 0.6 is 0 Å². The van der Waals surface area contributed by atoms with Crippen LogP contribution in [0.3, 0.4) is 0 Å². The van der Waals surface area contributed by atoms with Gasteiger partial charge in [0.25, 0.3) is 6.01 Å². The quantitative estimate of drug-likeness (QED) is 0.770. The molecule has 162 valence electrons. The van der Waals surface area contributed by atoms with E-state index >= 15 is 0 Å². The predicted molar refractivity (Wildman–Crippen MR) is 116 cm³/mol. The van der Waals surface area contributed by atoms with Crippen molar-refractivity contribution in [3.05, 3.63) is 24.3 Å². The van der Waals surface area contributed by atoms with Crippen LogP contribution < -0.4 is 4.90 Å². The number of amides is 1. The van der Waals surface area contributed by atoms with Crippen LogP contribution in [-0.2, 0) is 9.53 Å². The Kier molecular flexibility index (Phi) is 5.65. The van der Waals surface area contributed by atoms with Gasteiger partial charge in [-0.25, -0.2) is 0 Å². The number of rotatable bonds is 4. The molecule has 2 aromatic rings. The van der Waals surface area contributed by atoms with Crippen molar-refractivity contribution < 1.29 is 13.9 Å². The van der Waals surface area contributed by atoms with Crippen molar-refractivity contribution in [1.29, 1.82) is 0 Å². The highest BCUT2D eigenvalue weighted by Crippen LogP contribution is 2.29. The first-order chi connectivity index (χ1) is 14.7. The molecular formula is C23H32N4O3. The van der Waals surface area contributed by atoms with Gasteiger partial charge >= 0.3 is 0 Å². The third-order valence-corrected chi connectivity index (χ3v) is 7.21. The maximum absolute atomic E-state index is 12.9.